The maximum absolute atomic E-state index is 12.6. The Morgan fingerprint density at radius 2 is 1.67 bits per heavy atom. The van der Waals surface area contributed by atoms with E-state index < -0.39 is 5.25 Å². The lowest BCUT2D eigenvalue weighted by Gasteiger charge is -2.21. The number of carbonyl (C=O) groups excluding carboxylic acids is 2. The molecule has 2 aromatic rings. The number of hydrogen-bond donors (Lipinski definition) is 2. The molecule has 0 saturated carbocycles. The van der Waals surface area contributed by atoms with Crippen LogP contribution >= 0.6 is 11.8 Å². The zero-order valence-electron chi connectivity index (χ0n) is 16.8. The number of benzene rings is 2. The average Bonchev–Trinajstić information content (AvgIpc) is 2.77. The summed E-state index contributed by atoms with van der Waals surface area (Å²) in [6, 6.07) is 14.4. The van der Waals surface area contributed by atoms with E-state index in [0.717, 1.165) is 11.3 Å². The molecule has 8 nitrogen and oxygen atoms in total. The third kappa shape index (κ3) is 5.60. The lowest BCUT2D eigenvalue weighted by molar-refractivity contribution is -0.123. The predicted octanol–water partition coefficient (Wildman–Crippen LogP) is 3.04. The molecule has 1 fully saturated rings. The minimum absolute atomic E-state index is 0.0624. The number of amidine groups is 1. The molecular formula is C21H22N4O4S. The van der Waals surface area contributed by atoms with Crippen molar-refractivity contribution in [2.45, 2.75) is 18.6 Å². The van der Waals surface area contributed by atoms with E-state index in [4.69, 9.17) is 9.47 Å². The van der Waals surface area contributed by atoms with Gasteiger partial charge < -0.3 is 20.1 Å². The summed E-state index contributed by atoms with van der Waals surface area (Å²) in [6.45, 7) is 1.81. The number of hydrogen-bond acceptors (Lipinski definition) is 7. The fourth-order valence-corrected chi connectivity index (χ4v) is 3.58. The van der Waals surface area contributed by atoms with Crippen LogP contribution in [0.5, 0.6) is 11.5 Å². The number of carbonyl (C=O) groups is 2. The zero-order chi connectivity index (χ0) is 21.5. The molecule has 0 aliphatic carbocycles. The summed E-state index contributed by atoms with van der Waals surface area (Å²) in [5, 5.41) is 13.5. The third-order valence-electron chi connectivity index (χ3n) is 4.32. The summed E-state index contributed by atoms with van der Waals surface area (Å²) in [7, 11) is 3.18. The van der Waals surface area contributed by atoms with E-state index in [1.807, 2.05) is 31.2 Å². The van der Waals surface area contributed by atoms with E-state index in [1.54, 1.807) is 38.5 Å². The molecule has 2 amide bonds. The summed E-state index contributed by atoms with van der Waals surface area (Å²) in [6.07, 6.45) is 0.0624. The van der Waals surface area contributed by atoms with Crippen LogP contribution in [-0.2, 0) is 9.59 Å². The molecule has 0 bridgehead atoms. The van der Waals surface area contributed by atoms with Gasteiger partial charge in [0.05, 0.1) is 19.9 Å². The summed E-state index contributed by atoms with van der Waals surface area (Å²) in [5.74, 6) is 0.890. The molecule has 1 unspecified atom stereocenters. The van der Waals surface area contributed by atoms with Crippen molar-refractivity contribution < 1.29 is 19.1 Å². The number of ether oxygens (including phenoxy) is 2. The molecule has 0 spiro atoms. The van der Waals surface area contributed by atoms with Gasteiger partial charge in [0.2, 0.25) is 11.8 Å². The molecule has 1 heterocycles. The van der Waals surface area contributed by atoms with Gasteiger partial charge in [-0.3, -0.25) is 9.59 Å². The molecular weight excluding hydrogens is 404 g/mol. The first kappa shape index (κ1) is 21.4. The minimum Gasteiger partial charge on any atom is -0.497 e. The van der Waals surface area contributed by atoms with Crippen LogP contribution in [0.15, 0.2) is 58.7 Å². The van der Waals surface area contributed by atoms with E-state index in [1.165, 1.54) is 11.8 Å². The number of anilines is 1. The fourth-order valence-electron chi connectivity index (χ4n) is 2.65. The first-order valence-corrected chi connectivity index (χ1v) is 10.0. The number of amides is 2. The number of nitrogens with one attached hydrogen (secondary N) is 2. The molecule has 156 valence electrons. The van der Waals surface area contributed by atoms with Crippen molar-refractivity contribution in [2.75, 3.05) is 19.5 Å². The Morgan fingerprint density at radius 3 is 2.27 bits per heavy atom. The van der Waals surface area contributed by atoms with Crippen LogP contribution in [0.2, 0.25) is 0 Å². The van der Waals surface area contributed by atoms with Crippen LogP contribution in [0.4, 0.5) is 5.69 Å². The van der Waals surface area contributed by atoms with Gasteiger partial charge in [0.1, 0.15) is 16.7 Å². The van der Waals surface area contributed by atoms with Crippen LogP contribution in [0, 0.1) is 0 Å². The standard InChI is InChI=1S/C21H22N4O4S/c1-13(14-4-8-16(28-2)9-5-14)24-25-21-23-19(26)12-18(30-21)20(27)22-15-6-10-17(29-3)11-7-15/h4-11,18H,12H2,1-3H3,(H,22,27)(H,23,25,26)/b24-13+. The normalized spacial score (nSPS) is 18.0. The molecule has 2 N–H and O–H groups in total. The van der Waals surface area contributed by atoms with Gasteiger partial charge in [-0.05, 0) is 61.0 Å². The Hall–Kier alpha value is -3.33. The van der Waals surface area contributed by atoms with Gasteiger partial charge in [-0.2, -0.15) is 5.10 Å². The quantitative estimate of drug-likeness (QED) is 0.546. The Bertz CT molecular complexity index is 972. The average molecular weight is 426 g/mol. The number of thioether (sulfide) groups is 1. The molecule has 0 aromatic heterocycles. The highest BCUT2D eigenvalue weighted by atomic mass is 32.2. The van der Waals surface area contributed by atoms with Gasteiger partial charge >= 0.3 is 0 Å². The van der Waals surface area contributed by atoms with Gasteiger partial charge in [-0.15, -0.1) is 5.10 Å². The molecule has 9 heteroatoms. The second-order valence-electron chi connectivity index (χ2n) is 6.40. The van der Waals surface area contributed by atoms with Crippen LogP contribution in [0.25, 0.3) is 0 Å². The van der Waals surface area contributed by atoms with Gasteiger partial charge in [-0.1, -0.05) is 11.8 Å². The van der Waals surface area contributed by atoms with Gasteiger partial charge in [-0.25, -0.2) is 0 Å². The Morgan fingerprint density at radius 1 is 1.07 bits per heavy atom. The first-order chi connectivity index (χ1) is 14.5. The van der Waals surface area contributed by atoms with Crippen molar-refractivity contribution >= 4 is 40.1 Å². The maximum atomic E-state index is 12.6. The first-order valence-electron chi connectivity index (χ1n) is 9.16. The molecule has 1 aliphatic heterocycles. The van der Waals surface area contributed by atoms with Gasteiger partial charge in [0.25, 0.3) is 0 Å². The van der Waals surface area contributed by atoms with Gasteiger partial charge in [0.15, 0.2) is 5.17 Å². The second kappa shape index (κ2) is 9.93. The van der Waals surface area contributed by atoms with E-state index in [2.05, 4.69) is 20.8 Å². The molecule has 1 atom stereocenters. The van der Waals surface area contributed by atoms with E-state index >= 15 is 0 Å². The Labute approximate surface area is 178 Å². The number of rotatable bonds is 6. The molecule has 0 radical (unpaired) electrons. The van der Waals surface area contributed by atoms with Crippen molar-refractivity contribution in [3.8, 4) is 11.5 Å². The number of methoxy groups -OCH3 is 2. The lowest BCUT2D eigenvalue weighted by atomic mass is 10.1. The number of nitrogens with zero attached hydrogens (tertiary/aromatic N) is 2. The SMILES string of the molecule is COc1ccc(NC(=O)C2CC(=O)N/C(=N\N=C(/C)c3ccc(OC)cc3)S2)cc1. The summed E-state index contributed by atoms with van der Waals surface area (Å²) >= 11 is 1.17. The maximum Gasteiger partial charge on any atom is 0.238 e. The van der Waals surface area contributed by atoms with Crippen LogP contribution in [0.3, 0.4) is 0 Å². The molecule has 30 heavy (non-hydrogen) atoms. The van der Waals surface area contributed by atoms with E-state index in [9.17, 15) is 9.59 Å². The van der Waals surface area contributed by atoms with Crippen LogP contribution in [-0.4, -0.2) is 42.2 Å². The fraction of sp³-hybridized carbons (Fsp3) is 0.238. The summed E-state index contributed by atoms with van der Waals surface area (Å²) in [5.41, 5.74) is 2.17. The Balaban J connectivity index is 1.67. The van der Waals surface area contributed by atoms with Crippen LogP contribution in [0.1, 0.15) is 18.9 Å². The van der Waals surface area contributed by atoms with Crippen molar-refractivity contribution in [3.63, 3.8) is 0 Å². The monoisotopic (exact) mass is 426 g/mol. The molecule has 1 aliphatic rings. The van der Waals surface area contributed by atoms with Crippen molar-refractivity contribution in [1.82, 2.24) is 5.32 Å². The van der Waals surface area contributed by atoms with Crippen molar-refractivity contribution in [2.24, 2.45) is 10.2 Å². The van der Waals surface area contributed by atoms with Gasteiger partial charge in [0, 0.05) is 12.1 Å². The highest BCUT2D eigenvalue weighted by Gasteiger charge is 2.30. The van der Waals surface area contributed by atoms with Crippen molar-refractivity contribution in [1.29, 1.82) is 0 Å². The highest BCUT2D eigenvalue weighted by Crippen LogP contribution is 2.23. The van der Waals surface area contributed by atoms with Crippen LogP contribution < -0.4 is 20.1 Å². The summed E-state index contributed by atoms with van der Waals surface area (Å²) < 4.78 is 10.2. The predicted molar refractivity (Wildman–Crippen MR) is 118 cm³/mol. The highest BCUT2D eigenvalue weighted by molar-refractivity contribution is 8.15. The Kier molecular flexibility index (Phi) is 7.08. The van der Waals surface area contributed by atoms with E-state index in [-0.39, 0.29) is 23.4 Å². The lowest BCUT2D eigenvalue weighted by Crippen LogP contribution is -2.41. The van der Waals surface area contributed by atoms with Crippen molar-refractivity contribution in [3.05, 3.63) is 54.1 Å². The largest absolute Gasteiger partial charge is 0.497 e. The topological polar surface area (TPSA) is 101 Å². The second-order valence-corrected chi connectivity index (χ2v) is 7.59. The zero-order valence-corrected chi connectivity index (χ0v) is 17.7. The third-order valence-corrected chi connectivity index (χ3v) is 5.39. The van der Waals surface area contributed by atoms with E-state index in [0.29, 0.717) is 17.1 Å². The molecule has 3 rings (SSSR count). The summed E-state index contributed by atoms with van der Waals surface area (Å²) in [4.78, 5) is 24.6. The molecule has 1 saturated heterocycles. The minimum atomic E-state index is -0.601. The molecule has 2 aromatic carbocycles. The smallest absolute Gasteiger partial charge is 0.238 e.